The van der Waals surface area contributed by atoms with E-state index in [9.17, 15) is 20.4 Å². The summed E-state index contributed by atoms with van der Waals surface area (Å²) in [5.74, 6) is 0. The zero-order valence-corrected chi connectivity index (χ0v) is 12.9. The molecule has 0 aromatic carbocycles. The minimum absolute atomic E-state index is 0.197. The topological polar surface area (TPSA) is 125 Å². The van der Waals surface area contributed by atoms with Gasteiger partial charge in [-0.05, 0) is 13.8 Å². The lowest BCUT2D eigenvalue weighted by Gasteiger charge is -2.32. The van der Waals surface area contributed by atoms with Crippen LogP contribution < -0.4 is 0 Å². The van der Waals surface area contributed by atoms with Crippen LogP contribution in [0.25, 0.3) is 0 Å². The van der Waals surface area contributed by atoms with Crippen LogP contribution in [0.4, 0.5) is 0 Å². The molecule has 0 atom stereocenters. The lowest BCUT2D eigenvalue weighted by Crippen LogP contribution is -2.42. The van der Waals surface area contributed by atoms with E-state index < -0.39 is 37.6 Å². The zero-order chi connectivity index (χ0) is 16.6. The predicted molar refractivity (Wildman–Crippen MR) is 77.0 cm³/mol. The Kier molecular flexibility index (Phi) is 7.27. The van der Waals surface area contributed by atoms with Crippen molar-refractivity contribution < 1.29 is 29.9 Å². The molecule has 0 aliphatic heterocycles. The van der Waals surface area contributed by atoms with E-state index in [1.54, 1.807) is 13.8 Å². The largest absolute Gasteiger partial charge is 0.393 e. The standard InChI is InChI=1S/C14H24N2O6/c1-3-21-13(7-17,8-18)11-5-15-6-12(16-11)14(9-19,10-20)22-4-2/h5-6,17-20H,3-4,7-10H2,1-2H3. The van der Waals surface area contributed by atoms with E-state index in [1.807, 2.05) is 0 Å². The highest BCUT2D eigenvalue weighted by Crippen LogP contribution is 2.27. The summed E-state index contributed by atoms with van der Waals surface area (Å²) in [5, 5.41) is 38.4. The van der Waals surface area contributed by atoms with Crippen molar-refractivity contribution in [1.29, 1.82) is 0 Å². The van der Waals surface area contributed by atoms with E-state index in [0.29, 0.717) is 0 Å². The van der Waals surface area contributed by atoms with Crippen LogP contribution in [0.15, 0.2) is 12.4 Å². The van der Waals surface area contributed by atoms with Crippen LogP contribution in [0.3, 0.4) is 0 Å². The summed E-state index contributed by atoms with van der Waals surface area (Å²) in [4.78, 5) is 8.29. The fourth-order valence-corrected chi connectivity index (χ4v) is 2.11. The SMILES string of the molecule is CCOC(CO)(CO)c1cncc(C(CO)(CO)OCC)n1. The lowest BCUT2D eigenvalue weighted by molar-refractivity contribution is -0.120. The van der Waals surface area contributed by atoms with E-state index in [-0.39, 0.29) is 24.6 Å². The molecule has 0 radical (unpaired) electrons. The molecule has 8 nitrogen and oxygen atoms in total. The molecule has 0 unspecified atom stereocenters. The molecule has 0 bridgehead atoms. The van der Waals surface area contributed by atoms with Crippen LogP contribution in [0, 0.1) is 0 Å². The second-order valence-corrected chi connectivity index (χ2v) is 4.78. The van der Waals surface area contributed by atoms with Crippen molar-refractivity contribution in [3.05, 3.63) is 23.8 Å². The third-order valence-electron chi connectivity index (χ3n) is 3.43. The Hall–Kier alpha value is -1.16. The Balaban J connectivity index is 3.32. The van der Waals surface area contributed by atoms with Crippen LogP contribution in [-0.2, 0) is 20.7 Å². The molecular formula is C14H24N2O6. The zero-order valence-electron chi connectivity index (χ0n) is 12.9. The van der Waals surface area contributed by atoms with Crippen LogP contribution in [-0.4, -0.2) is 70.0 Å². The van der Waals surface area contributed by atoms with Gasteiger partial charge in [0.05, 0.1) is 50.2 Å². The lowest BCUT2D eigenvalue weighted by atomic mass is 9.98. The number of hydrogen-bond donors (Lipinski definition) is 4. The first-order chi connectivity index (χ1) is 10.6. The van der Waals surface area contributed by atoms with Crippen molar-refractivity contribution in [2.45, 2.75) is 25.0 Å². The number of aliphatic hydroxyl groups is 4. The number of ether oxygens (including phenoxy) is 2. The Morgan fingerprint density at radius 3 is 1.45 bits per heavy atom. The quantitative estimate of drug-likeness (QED) is 0.429. The fourth-order valence-electron chi connectivity index (χ4n) is 2.11. The van der Waals surface area contributed by atoms with E-state index >= 15 is 0 Å². The summed E-state index contributed by atoms with van der Waals surface area (Å²) in [6.07, 6.45) is 2.72. The maximum Gasteiger partial charge on any atom is 0.157 e. The van der Waals surface area contributed by atoms with Gasteiger partial charge in [-0.1, -0.05) is 0 Å². The second kappa shape index (κ2) is 8.47. The fraction of sp³-hybridized carbons (Fsp3) is 0.714. The van der Waals surface area contributed by atoms with Crippen molar-refractivity contribution in [3.63, 3.8) is 0 Å². The number of hydrogen-bond acceptors (Lipinski definition) is 8. The average Bonchev–Trinajstić information content (AvgIpc) is 2.58. The van der Waals surface area contributed by atoms with Gasteiger partial charge in [0.25, 0.3) is 0 Å². The molecule has 1 heterocycles. The van der Waals surface area contributed by atoms with Crippen molar-refractivity contribution in [1.82, 2.24) is 9.97 Å². The molecular weight excluding hydrogens is 292 g/mol. The molecule has 8 heteroatoms. The van der Waals surface area contributed by atoms with E-state index in [4.69, 9.17) is 9.47 Å². The van der Waals surface area contributed by atoms with Gasteiger partial charge < -0.3 is 29.9 Å². The van der Waals surface area contributed by atoms with E-state index in [0.717, 1.165) is 0 Å². The Morgan fingerprint density at radius 1 is 0.818 bits per heavy atom. The van der Waals surface area contributed by atoms with Gasteiger partial charge in [0.2, 0.25) is 0 Å². The van der Waals surface area contributed by atoms with Gasteiger partial charge in [-0.25, -0.2) is 4.98 Å². The Labute approximate surface area is 129 Å². The first kappa shape index (κ1) is 18.9. The number of aliphatic hydroxyl groups excluding tert-OH is 4. The normalized spacial score (nSPS) is 12.6. The highest BCUT2D eigenvalue weighted by atomic mass is 16.5. The molecule has 1 aromatic heterocycles. The maximum atomic E-state index is 9.59. The highest BCUT2D eigenvalue weighted by molar-refractivity contribution is 5.17. The highest BCUT2D eigenvalue weighted by Gasteiger charge is 2.38. The van der Waals surface area contributed by atoms with Crippen LogP contribution in [0.5, 0.6) is 0 Å². The summed E-state index contributed by atoms with van der Waals surface area (Å²) in [5.41, 5.74) is -2.41. The molecule has 0 spiro atoms. The van der Waals surface area contributed by atoms with Crippen molar-refractivity contribution in [3.8, 4) is 0 Å². The molecule has 0 fully saturated rings. The Bertz CT molecular complexity index is 411. The van der Waals surface area contributed by atoms with Crippen molar-refractivity contribution >= 4 is 0 Å². The molecule has 1 aromatic rings. The van der Waals surface area contributed by atoms with Crippen molar-refractivity contribution in [2.75, 3.05) is 39.6 Å². The summed E-state index contributed by atoms with van der Waals surface area (Å²) < 4.78 is 10.9. The molecule has 22 heavy (non-hydrogen) atoms. The van der Waals surface area contributed by atoms with Gasteiger partial charge in [0.15, 0.2) is 11.2 Å². The molecule has 0 saturated carbocycles. The van der Waals surface area contributed by atoms with Crippen molar-refractivity contribution in [2.24, 2.45) is 0 Å². The van der Waals surface area contributed by atoms with Crippen LogP contribution >= 0.6 is 0 Å². The van der Waals surface area contributed by atoms with Gasteiger partial charge in [0, 0.05) is 13.2 Å². The van der Waals surface area contributed by atoms with Gasteiger partial charge >= 0.3 is 0 Å². The number of rotatable bonds is 10. The van der Waals surface area contributed by atoms with Gasteiger partial charge in [-0.2, -0.15) is 0 Å². The molecule has 0 aliphatic rings. The van der Waals surface area contributed by atoms with Crippen LogP contribution in [0.1, 0.15) is 25.2 Å². The maximum absolute atomic E-state index is 9.59. The molecule has 126 valence electrons. The average molecular weight is 316 g/mol. The van der Waals surface area contributed by atoms with Gasteiger partial charge in [-0.15, -0.1) is 0 Å². The molecule has 0 amide bonds. The summed E-state index contributed by atoms with van der Waals surface area (Å²) in [7, 11) is 0. The predicted octanol–water partition coefficient (Wildman–Crippen LogP) is -1.09. The summed E-state index contributed by atoms with van der Waals surface area (Å²) in [6, 6.07) is 0. The molecule has 0 aliphatic carbocycles. The second-order valence-electron chi connectivity index (χ2n) is 4.78. The molecule has 4 N–H and O–H groups in total. The van der Waals surface area contributed by atoms with E-state index in [1.165, 1.54) is 12.4 Å². The minimum atomic E-state index is -1.40. The molecule has 1 rings (SSSR count). The third kappa shape index (κ3) is 3.60. The number of aromatic nitrogens is 2. The Morgan fingerprint density at radius 2 is 1.18 bits per heavy atom. The summed E-state index contributed by atoms with van der Waals surface area (Å²) >= 11 is 0. The third-order valence-corrected chi connectivity index (χ3v) is 3.43. The summed E-state index contributed by atoms with van der Waals surface area (Å²) in [6.45, 7) is 2.00. The molecule has 0 saturated heterocycles. The first-order valence-electron chi connectivity index (χ1n) is 7.12. The van der Waals surface area contributed by atoms with Crippen LogP contribution in [0.2, 0.25) is 0 Å². The number of nitrogens with zero attached hydrogens (tertiary/aromatic N) is 2. The monoisotopic (exact) mass is 316 g/mol. The van der Waals surface area contributed by atoms with E-state index in [2.05, 4.69) is 9.97 Å². The first-order valence-corrected chi connectivity index (χ1v) is 7.12. The smallest absolute Gasteiger partial charge is 0.157 e. The van der Waals surface area contributed by atoms with Gasteiger partial charge in [0.1, 0.15) is 0 Å². The minimum Gasteiger partial charge on any atom is -0.393 e. The van der Waals surface area contributed by atoms with Gasteiger partial charge in [-0.3, -0.25) is 4.98 Å².